The molecule has 0 radical (unpaired) electrons. The summed E-state index contributed by atoms with van der Waals surface area (Å²) >= 11 is 6.17. The lowest BCUT2D eigenvalue weighted by molar-refractivity contribution is -0.152. The molecule has 118 valence electrons. The Labute approximate surface area is 129 Å². The largest absolute Gasteiger partial charge is 0.486 e. The minimum absolute atomic E-state index is 0.00643. The van der Waals surface area contributed by atoms with E-state index in [1.807, 2.05) is 20.8 Å². The van der Waals surface area contributed by atoms with Gasteiger partial charge in [-0.15, -0.1) is 0 Å². The van der Waals surface area contributed by atoms with Gasteiger partial charge in [0.15, 0.2) is 12.1 Å². The van der Waals surface area contributed by atoms with Gasteiger partial charge in [-0.25, -0.2) is 0 Å². The lowest BCUT2D eigenvalue weighted by atomic mass is 10.1. The molecule has 0 bridgehead atoms. The summed E-state index contributed by atoms with van der Waals surface area (Å²) in [5.41, 5.74) is 6.84. The first-order valence-electron chi connectivity index (χ1n) is 6.67. The lowest BCUT2D eigenvalue weighted by Gasteiger charge is -2.19. The fourth-order valence-corrected chi connectivity index (χ4v) is 2.11. The molecule has 0 aliphatic rings. The number of nitrogens with two attached hydrogens (primary N) is 1. The van der Waals surface area contributed by atoms with Crippen molar-refractivity contribution in [1.29, 1.82) is 0 Å². The van der Waals surface area contributed by atoms with Gasteiger partial charge in [0.1, 0.15) is 12.4 Å². The van der Waals surface area contributed by atoms with Crippen molar-refractivity contribution < 1.29 is 19.4 Å². The van der Waals surface area contributed by atoms with Crippen molar-refractivity contribution in [1.82, 2.24) is 0 Å². The number of ether oxygens (including phenoxy) is 3. The predicted octanol–water partition coefficient (Wildman–Crippen LogP) is 2.52. The number of hydrogen-bond acceptors (Lipinski definition) is 5. The molecule has 0 saturated heterocycles. The number of nitrogens with zero attached hydrogens (tertiary/aromatic N) is 1. The summed E-state index contributed by atoms with van der Waals surface area (Å²) < 4.78 is 16.5. The molecule has 3 N–H and O–H groups in total. The average molecular weight is 317 g/mol. The molecular weight excluding hydrogens is 296 g/mol. The summed E-state index contributed by atoms with van der Waals surface area (Å²) in [4.78, 5) is 0. The summed E-state index contributed by atoms with van der Waals surface area (Å²) in [6.07, 6.45) is -0.445. The first-order chi connectivity index (χ1) is 10.0. The molecule has 0 unspecified atom stereocenters. The van der Waals surface area contributed by atoms with Crippen LogP contribution in [0.25, 0.3) is 0 Å². The van der Waals surface area contributed by atoms with E-state index >= 15 is 0 Å². The Balaban J connectivity index is 2.84. The maximum Gasteiger partial charge on any atom is 0.191 e. The Morgan fingerprint density at radius 3 is 2.43 bits per heavy atom. The molecule has 0 aliphatic carbocycles. The molecule has 21 heavy (non-hydrogen) atoms. The first-order valence-corrected chi connectivity index (χ1v) is 7.05. The number of hydrogen-bond donors (Lipinski definition) is 2. The van der Waals surface area contributed by atoms with Crippen LogP contribution in [0.15, 0.2) is 17.3 Å². The standard InChI is InChI=1S/C14H21ClN2O4/c1-4-19-12(20-5-2)8-21-13-9(3)6-10(7-11(13)15)14(16)17-18/h6-7,12,18H,4-5,8H2,1-3H3,(H2,16,17). The van der Waals surface area contributed by atoms with E-state index < -0.39 is 6.29 Å². The van der Waals surface area contributed by atoms with Crippen LogP contribution in [-0.4, -0.2) is 37.2 Å². The molecule has 1 aromatic rings. The van der Waals surface area contributed by atoms with E-state index in [9.17, 15) is 0 Å². The molecule has 0 fully saturated rings. The van der Waals surface area contributed by atoms with Gasteiger partial charge in [0, 0.05) is 18.8 Å². The molecule has 0 aliphatic heterocycles. The van der Waals surface area contributed by atoms with Gasteiger partial charge in [-0.2, -0.15) is 0 Å². The Morgan fingerprint density at radius 1 is 1.33 bits per heavy atom. The van der Waals surface area contributed by atoms with Crippen molar-refractivity contribution in [2.75, 3.05) is 19.8 Å². The van der Waals surface area contributed by atoms with E-state index in [1.165, 1.54) is 0 Å². The highest BCUT2D eigenvalue weighted by atomic mass is 35.5. The molecule has 7 heteroatoms. The van der Waals surface area contributed by atoms with E-state index in [1.54, 1.807) is 12.1 Å². The molecule has 0 aromatic heterocycles. The molecule has 0 spiro atoms. The van der Waals surface area contributed by atoms with Crippen LogP contribution in [0.5, 0.6) is 5.75 Å². The number of benzene rings is 1. The minimum Gasteiger partial charge on any atom is -0.486 e. The van der Waals surface area contributed by atoms with Crippen LogP contribution < -0.4 is 10.5 Å². The van der Waals surface area contributed by atoms with Crippen LogP contribution in [0.2, 0.25) is 5.02 Å². The molecular formula is C14H21ClN2O4. The van der Waals surface area contributed by atoms with Crippen molar-refractivity contribution in [3.05, 3.63) is 28.3 Å². The summed E-state index contributed by atoms with van der Waals surface area (Å²) in [5.74, 6) is 0.517. The maximum absolute atomic E-state index is 8.69. The Kier molecular flexibility index (Phi) is 7.28. The van der Waals surface area contributed by atoms with Crippen LogP contribution in [0.1, 0.15) is 25.0 Å². The van der Waals surface area contributed by atoms with Gasteiger partial charge in [0.2, 0.25) is 0 Å². The normalized spacial score (nSPS) is 12.0. The summed E-state index contributed by atoms with van der Waals surface area (Å²) in [6.45, 7) is 6.88. The molecule has 0 heterocycles. The van der Waals surface area contributed by atoms with E-state index in [2.05, 4.69) is 5.16 Å². The maximum atomic E-state index is 8.69. The Hall–Kier alpha value is -1.50. The fourth-order valence-electron chi connectivity index (χ4n) is 1.79. The third kappa shape index (κ3) is 5.08. The van der Waals surface area contributed by atoms with Gasteiger partial charge < -0.3 is 25.2 Å². The number of amidine groups is 1. The second-order valence-corrected chi connectivity index (χ2v) is 4.65. The third-order valence-corrected chi connectivity index (χ3v) is 2.98. The highest BCUT2D eigenvalue weighted by Crippen LogP contribution is 2.30. The molecule has 6 nitrogen and oxygen atoms in total. The predicted molar refractivity (Wildman–Crippen MR) is 81.2 cm³/mol. The lowest BCUT2D eigenvalue weighted by Crippen LogP contribution is -2.25. The second kappa shape index (κ2) is 8.71. The molecule has 1 aromatic carbocycles. The number of halogens is 1. The van der Waals surface area contributed by atoms with Crippen LogP contribution >= 0.6 is 11.6 Å². The van der Waals surface area contributed by atoms with Crippen molar-refractivity contribution in [3.8, 4) is 5.75 Å². The number of aryl methyl sites for hydroxylation is 1. The molecule has 0 atom stereocenters. The van der Waals surface area contributed by atoms with Gasteiger partial charge >= 0.3 is 0 Å². The van der Waals surface area contributed by atoms with E-state index in [0.29, 0.717) is 29.5 Å². The molecule has 1 rings (SSSR count). The van der Waals surface area contributed by atoms with Crippen LogP contribution in [-0.2, 0) is 9.47 Å². The first kappa shape index (κ1) is 17.6. The monoisotopic (exact) mass is 316 g/mol. The Morgan fingerprint density at radius 2 is 1.95 bits per heavy atom. The quantitative estimate of drug-likeness (QED) is 0.253. The summed E-state index contributed by atoms with van der Waals surface area (Å²) in [5, 5.41) is 12.0. The zero-order valence-electron chi connectivity index (χ0n) is 12.4. The van der Waals surface area contributed by atoms with Crippen LogP contribution in [0, 0.1) is 6.92 Å². The highest BCUT2D eigenvalue weighted by molar-refractivity contribution is 6.32. The van der Waals surface area contributed by atoms with Crippen molar-refractivity contribution in [2.24, 2.45) is 10.9 Å². The van der Waals surface area contributed by atoms with Crippen molar-refractivity contribution >= 4 is 17.4 Å². The average Bonchev–Trinajstić information content (AvgIpc) is 2.45. The van der Waals surface area contributed by atoms with Crippen molar-refractivity contribution in [3.63, 3.8) is 0 Å². The zero-order chi connectivity index (χ0) is 15.8. The van der Waals surface area contributed by atoms with E-state index in [0.717, 1.165) is 5.56 Å². The van der Waals surface area contributed by atoms with Crippen LogP contribution in [0.4, 0.5) is 0 Å². The van der Waals surface area contributed by atoms with Gasteiger partial charge in [0.05, 0.1) is 5.02 Å². The third-order valence-electron chi connectivity index (χ3n) is 2.70. The minimum atomic E-state index is -0.445. The van der Waals surface area contributed by atoms with Crippen molar-refractivity contribution in [2.45, 2.75) is 27.1 Å². The van der Waals surface area contributed by atoms with Gasteiger partial charge in [-0.05, 0) is 38.5 Å². The van der Waals surface area contributed by atoms with Gasteiger partial charge in [-0.1, -0.05) is 16.8 Å². The topological polar surface area (TPSA) is 86.3 Å². The van der Waals surface area contributed by atoms with Crippen LogP contribution in [0.3, 0.4) is 0 Å². The smallest absolute Gasteiger partial charge is 0.191 e. The summed E-state index contributed by atoms with van der Waals surface area (Å²) in [7, 11) is 0. The zero-order valence-corrected chi connectivity index (χ0v) is 13.2. The second-order valence-electron chi connectivity index (χ2n) is 4.24. The number of oxime groups is 1. The highest BCUT2D eigenvalue weighted by Gasteiger charge is 2.14. The van der Waals surface area contributed by atoms with Gasteiger partial charge in [0.25, 0.3) is 0 Å². The Bertz CT molecular complexity index is 465. The summed E-state index contributed by atoms with van der Waals surface area (Å²) in [6, 6.07) is 3.31. The van der Waals surface area contributed by atoms with E-state index in [-0.39, 0.29) is 12.4 Å². The SMILES string of the molecule is CCOC(COc1c(C)cc(C(N)=NO)cc1Cl)OCC. The van der Waals surface area contributed by atoms with E-state index in [4.69, 9.17) is 36.8 Å². The van der Waals surface area contributed by atoms with Gasteiger partial charge in [-0.3, -0.25) is 0 Å². The number of rotatable bonds is 8. The molecule has 0 amide bonds. The molecule has 0 saturated carbocycles. The fraction of sp³-hybridized carbons (Fsp3) is 0.500.